The maximum atomic E-state index is 11.6. The second-order valence-electron chi connectivity index (χ2n) is 5.82. The van der Waals surface area contributed by atoms with Crippen LogP contribution in [0.1, 0.15) is 5.56 Å². The van der Waals surface area contributed by atoms with Gasteiger partial charge in [-0.2, -0.15) is 31.8 Å². The first-order valence-electron chi connectivity index (χ1n) is 8.08. The minimum atomic E-state index is -4.74. The van der Waals surface area contributed by atoms with Crippen LogP contribution in [-0.2, 0) is 26.8 Å². The van der Waals surface area contributed by atoms with E-state index in [0.717, 1.165) is 23.8 Å². The van der Waals surface area contributed by atoms with Gasteiger partial charge in [-0.1, -0.05) is 30.3 Å². The predicted octanol–water partition coefficient (Wildman–Crippen LogP) is 2.37. The average molecular weight is 472 g/mol. The quantitative estimate of drug-likeness (QED) is 0.372. The van der Waals surface area contributed by atoms with Crippen molar-refractivity contribution in [1.29, 1.82) is 0 Å². The molecular weight excluding hydrogens is 458 g/mol. The molecule has 0 aliphatic carbocycles. The minimum absolute atomic E-state index is 0.0562. The van der Waals surface area contributed by atoms with Crippen molar-refractivity contribution in [3.63, 3.8) is 0 Å². The van der Waals surface area contributed by atoms with Gasteiger partial charge in [-0.15, -0.1) is 0 Å². The number of nitrogens with zero attached hydrogens (tertiary/aromatic N) is 3. The lowest BCUT2D eigenvalue weighted by Gasteiger charge is -2.12. The van der Waals surface area contributed by atoms with Crippen LogP contribution in [0.2, 0.25) is 5.28 Å². The molecule has 0 amide bonds. The highest BCUT2D eigenvalue weighted by Crippen LogP contribution is 2.27. The molecule has 3 rings (SSSR count). The molecule has 0 aliphatic heterocycles. The van der Waals surface area contributed by atoms with Crippen molar-refractivity contribution in [3.05, 3.63) is 59.4 Å². The van der Waals surface area contributed by atoms with Crippen molar-refractivity contribution in [2.45, 2.75) is 16.3 Å². The first kappa shape index (κ1) is 21.9. The van der Waals surface area contributed by atoms with Crippen molar-refractivity contribution in [1.82, 2.24) is 15.0 Å². The fourth-order valence-electron chi connectivity index (χ4n) is 2.37. The summed E-state index contributed by atoms with van der Waals surface area (Å²) >= 11 is 5.89. The summed E-state index contributed by atoms with van der Waals surface area (Å²) in [6.45, 7) is 0.356. The highest BCUT2D eigenvalue weighted by Gasteiger charge is 2.21. The van der Waals surface area contributed by atoms with Gasteiger partial charge in [0.2, 0.25) is 17.2 Å². The maximum absolute atomic E-state index is 11.6. The van der Waals surface area contributed by atoms with E-state index in [2.05, 4.69) is 25.6 Å². The molecule has 2 aromatic carbocycles. The van der Waals surface area contributed by atoms with Gasteiger partial charge < -0.3 is 10.6 Å². The lowest BCUT2D eigenvalue weighted by Crippen LogP contribution is -2.10. The highest BCUT2D eigenvalue weighted by atomic mass is 35.5. The van der Waals surface area contributed by atoms with Crippen LogP contribution in [0.5, 0.6) is 0 Å². The summed E-state index contributed by atoms with van der Waals surface area (Å²) in [6.07, 6.45) is 0. The molecule has 0 spiro atoms. The summed E-state index contributed by atoms with van der Waals surface area (Å²) < 4.78 is 64.6. The number of hydrogen-bond donors (Lipinski definition) is 4. The first-order chi connectivity index (χ1) is 14.0. The fraction of sp³-hybridized carbons (Fsp3) is 0.0625. The Morgan fingerprint density at radius 2 is 1.53 bits per heavy atom. The molecule has 30 heavy (non-hydrogen) atoms. The Morgan fingerprint density at radius 3 is 2.17 bits per heavy atom. The number of nitrogens with one attached hydrogen (secondary N) is 2. The zero-order chi connectivity index (χ0) is 21.9. The summed E-state index contributed by atoms with van der Waals surface area (Å²) in [6, 6.07) is 11.7. The molecule has 0 aliphatic rings. The highest BCUT2D eigenvalue weighted by molar-refractivity contribution is 7.86. The molecular formula is C16H14ClN5O6S2. The summed E-state index contributed by atoms with van der Waals surface area (Å²) in [5.74, 6) is -0.177. The first-order valence-corrected chi connectivity index (χ1v) is 11.3. The Morgan fingerprint density at radius 1 is 0.867 bits per heavy atom. The molecule has 0 saturated heterocycles. The Labute approximate surface area is 176 Å². The minimum Gasteiger partial charge on any atom is -0.350 e. The van der Waals surface area contributed by atoms with E-state index in [4.69, 9.17) is 11.6 Å². The topological polar surface area (TPSA) is 171 Å². The van der Waals surface area contributed by atoms with Crippen molar-refractivity contribution in [3.8, 4) is 0 Å². The van der Waals surface area contributed by atoms with E-state index in [1.807, 2.05) is 30.3 Å². The monoisotopic (exact) mass is 471 g/mol. The van der Waals surface area contributed by atoms with Gasteiger partial charge in [-0.25, -0.2) is 0 Å². The van der Waals surface area contributed by atoms with Gasteiger partial charge in [-0.05, 0) is 35.4 Å². The van der Waals surface area contributed by atoms with Crippen LogP contribution in [0.3, 0.4) is 0 Å². The van der Waals surface area contributed by atoms with Crippen LogP contribution in [0.25, 0.3) is 0 Å². The molecule has 0 fully saturated rings. The van der Waals surface area contributed by atoms with E-state index in [1.165, 1.54) is 0 Å². The van der Waals surface area contributed by atoms with E-state index < -0.39 is 35.7 Å². The van der Waals surface area contributed by atoms with Gasteiger partial charge in [0.1, 0.15) is 4.90 Å². The molecule has 1 aromatic heterocycles. The predicted molar refractivity (Wildman–Crippen MR) is 108 cm³/mol. The summed E-state index contributed by atoms with van der Waals surface area (Å²) in [5.41, 5.74) is 0.530. The maximum Gasteiger partial charge on any atom is 0.296 e. The van der Waals surface area contributed by atoms with Gasteiger partial charge in [-0.3, -0.25) is 9.11 Å². The van der Waals surface area contributed by atoms with Crippen molar-refractivity contribution < 1.29 is 25.9 Å². The van der Waals surface area contributed by atoms with Gasteiger partial charge in [0.05, 0.1) is 10.6 Å². The smallest absolute Gasteiger partial charge is 0.296 e. The zero-order valence-electron chi connectivity index (χ0n) is 14.9. The Hall–Kier alpha value is -2.84. The molecule has 4 N–H and O–H groups in total. The molecule has 0 radical (unpaired) electrons. The number of rotatable bonds is 7. The van der Waals surface area contributed by atoms with Crippen LogP contribution in [-0.4, -0.2) is 40.9 Å². The summed E-state index contributed by atoms with van der Waals surface area (Å²) in [7, 11) is -9.38. The van der Waals surface area contributed by atoms with E-state index in [9.17, 15) is 25.9 Å². The average Bonchev–Trinajstić information content (AvgIpc) is 2.65. The van der Waals surface area contributed by atoms with E-state index in [1.54, 1.807) is 0 Å². The van der Waals surface area contributed by atoms with Crippen LogP contribution >= 0.6 is 11.6 Å². The molecule has 14 heteroatoms. The molecule has 0 bridgehead atoms. The standard InChI is InChI=1S/C16H14ClN5O6S2/c17-14-20-15(18-9-10-4-2-1-3-5-10)22-16(21-14)19-12-8-11(29(23,24)25)6-7-13(12)30(26,27)28/h1-8H,9H2,(H,23,24,25)(H,26,27,28)(H2,18,19,20,21,22). The SMILES string of the molecule is O=S(=O)(O)c1ccc(S(=O)(=O)O)c(Nc2nc(Cl)nc(NCc3ccccc3)n2)c1. The molecule has 158 valence electrons. The molecule has 0 saturated carbocycles. The number of halogens is 1. The third kappa shape index (κ3) is 5.61. The molecule has 1 heterocycles. The van der Waals surface area contributed by atoms with E-state index in [0.29, 0.717) is 6.54 Å². The van der Waals surface area contributed by atoms with E-state index >= 15 is 0 Å². The Balaban J connectivity index is 1.94. The second-order valence-corrected chi connectivity index (χ2v) is 8.97. The van der Waals surface area contributed by atoms with Crippen molar-refractivity contribution in [2.75, 3.05) is 10.6 Å². The normalized spacial score (nSPS) is 11.8. The number of hydrogen-bond acceptors (Lipinski definition) is 9. The van der Waals surface area contributed by atoms with Crippen LogP contribution < -0.4 is 10.6 Å². The molecule has 0 unspecified atom stereocenters. The number of benzene rings is 2. The van der Waals surface area contributed by atoms with Gasteiger partial charge in [0.15, 0.2) is 0 Å². The Kier molecular flexibility index (Phi) is 6.19. The van der Waals surface area contributed by atoms with Crippen LogP contribution in [0.4, 0.5) is 17.6 Å². The van der Waals surface area contributed by atoms with Crippen LogP contribution in [0, 0.1) is 0 Å². The fourth-order valence-corrected chi connectivity index (χ4v) is 3.67. The summed E-state index contributed by atoms with van der Waals surface area (Å²) in [4.78, 5) is 10.5. The third-order valence-electron chi connectivity index (χ3n) is 3.67. The van der Waals surface area contributed by atoms with E-state index in [-0.39, 0.29) is 17.2 Å². The number of anilines is 3. The largest absolute Gasteiger partial charge is 0.350 e. The zero-order valence-corrected chi connectivity index (χ0v) is 17.3. The van der Waals surface area contributed by atoms with Gasteiger partial charge in [0.25, 0.3) is 20.2 Å². The molecule has 0 atom stereocenters. The summed E-state index contributed by atoms with van der Waals surface area (Å²) in [5, 5.41) is 5.15. The Bertz CT molecular complexity index is 1290. The lowest BCUT2D eigenvalue weighted by molar-refractivity contribution is 0.479. The third-order valence-corrected chi connectivity index (χ3v) is 5.61. The molecule has 3 aromatic rings. The van der Waals surface area contributed by atoms with Gasteiger partial charge >= 0.3 is 0 Å². The number of aromatic nitrogens is 3. The van der Waals surface area contributed by atoms with Crippen molar-refractivity contribution in [2.24, 2.45) is 0 Å². The van der Waals surface area contributed by atoms with Crippen LogP contribution in [0.15, 0.2) is 58.3 Å². The second kappa shape index (κ2) is 8.49. The molecule has 11 nitrogen and oxygen atoms in total. The lowest BCUT2D eigenvalue weighted by atomic mass is 10.2. The van der Waals surface area contributed by atoms with Gasteiger partial charge in [0, 0.05) is 6.54 Å². The van der Waals surface area contributed by atoms with Crippen molar-refractivity contribution >= 4 is 49.4 Å².